The van der Waals surface area contributed by atoms with Crippen molar-refractivity contribution in [1.82, 2.24) is 25.2 Å². The zero-order valence-corrected chi connectivity index (χ0v) is 13.8. The van der Waals surface area contributed by atoms with Crippen LogP contribution in [-0.2, 0) is 0 Å². The summed E-state index contributed by atoms with van der Waals surface area (Å²) in [5, 5.41) is 14.7. The smallest absolute Gasteiger partial charge is 0.257 e. The van der Waals surface area contributed by atoms with Crippen molar-refractivity contribution in [2.24, 2.45) is 0 Å². The predicted molar refractivity (Wildman–Crippen MR) is 88.2 cm³/mol. The third kappa shape index (κ3) is 3.05. The van der Waals surface area contributed by atoms with Crippen molar-refractivity contribution >= 4 is 5.91 Å². The van der Waals surface area contributed by atoms with Crippen LogP contribution in [0, 0.1) is 0 Å². The Labute approximate surface area is 139 Å². The molecule has 124 valence electrons. The van der Waals surface area contributed by atoms with E-state index in [2.05, 4.69) is 20.7 Å². The molecule has 1 aromatic carbocycles. The highest BCUT2D eigenvalue weighted by Crippen LogP contribution is 2.24. The summed E-state index contributed by atoms with van der Waals surface area (Å²) in [5.41, 5.74) is 1.20. The zero-order valence-electron chi connectivity index (χ0n) is 13.8. The second-order valence-electron chi connectivity index (χ2n) is 5.82. The highest BCUT2D eigenvalue weighted by Gasteiger charge is 2.22. The van der Waals surface area contributed by atoms with E-state index in [-0.39, 0.29) is 18.0 Å². The molecule has 3 aromatic rings. The summed E-state index contributed by atoms with van der Waals surface area (Å²) in [7, 11) is 0. The van der Waals surface area contributed by atoms with Gasteiger partial charge >= 0.3 is 0 Å². The average molecular weight is 325 g/mol. The van der Waals surface area contributed by atoms with Gasteiger partial charge in [-0.1, -0.05) is 35.5 Å². The number of nitrogens with zero attached hydrogens (tertiary/aromatic N) is 4. The van der Waals surface area contributed by atoms with Crippen LogP contribution in [0.15, 0.2) is 47.4 Å². The Morgan fingerprint density at radius 2 is 1.96 bits per heavy atom. The number of aromatic nitrogens is 4. The minimum absolute atomic E-state index is 0.213. The molecule has 7 heteroatoms. The van der Waals surface area contributed by atoms with Crippen LogP contribution in [0.2, 0.25) is 0 Å². The van der Waals surface area contributed by atoms with Crippen LogP contribution >= 0.6 is 0 Å². The summed E-state index contributed by atoms with van der Waals surface area (Å²) in [6.07, 6.45) is 3.09. The van der Waals surface area contributed by atoms with Gasteiger partial charge in [0, 0.05) is 11.6 Å². The number of hydrogen-bond donors (Lipinski definition) is 1. The third-order valence-electron chi connectivity index (χ3n) is 3.74. The molecule has 0 fully saturated rings. The number of nitrogens with one attached hydrogen (secondary N) is 1. The lowest BCUT2D eigenvalue weighted by molar-refractivity contribution is 0.0937. The molecular formula is C17H19N5O2. The SMILES string of the molecule is CC(NC(=O)c1cnoc1-c1ccccc1)c1nncn1C(C)C. The molecule has 1 atom stereocenters. The summed E-state index contributed by atoms with van der Waals surface area (Å²) >= 11 is 0. The van der Waals surface area contributed by atoms with Crippen molar-refractivity contribution in [1.29, 1.82) is 0 Å². The molecule has 0 saturated heterocycles. The lowest BCUT2D eigenvalue weighted by Gasteiger charge is -2.16. The summed E-state index contributed by atoms with van der Waals surface area (Å²) in [4.78, 5) is 12.6. The fourth-order valence-corrected chi connectivity index (χ4v) is 2.50. The van der Waals surface area contributed by atoms with Crippen LogP contribution in [0.4, 0.5) is 0 Å². The molecule has 24 heavy (non-hydrogen) atoms. The van der Waals surface area contributed by atoms with Crippen LogP contribution in [-0.4, -0.2) is 25.8 Å². The van der Waals surface area contributed by atoms with Crippen molar-refractivity contribution in [3.05, 3.63) is 54.2 Å². The lowest BCUT2D eigenvalue weighted by Crippen LogP contribution is -2.29. The van der Waals surface area contributed by atoms with E-state index in [0.717, 1.165) is 5.56 Å². The van der Waals surface area contributed by atoms with Gasteiger partial charge in [-0.15, -0.1) is 10.2 Å². The Hall–Kier alpha value is -2.96. The number of carbonyl (C=O) groups excluding carboxylic acids is 1. The normalized spacial score (nSPS) is 12.3. The van der Waals surface area contributed by atoms with E-state index < -0.39 is 0 Å². The summed E-state index contributed by atoms with van der Waals surface area (Å²) in [5.74, 6) is 0.891. The maximum Gasteiger partial charge on any atom is 0.257 e. The molecule has 0 bridgehead atoms. The fourth-order valence-electron chi connectivity index (χ4n) is 2.50. The van der Waals surface area contributed by atoms with E-state index in [9.17, 15) is 4.79 Å². The van der Waals surface area contributed by atoms with E-state index in [1.165, 1.54) is 6.20 Å². The maximum absolute atomic E-state index is 12.6. The first-order chi connectivity index (χ1) is 11.6. The molecule has 3 rings (SSSR count). The van der Waals surface area contributed by atoms with Gasteiger partial charge in [-0.3, -0.25) is 4.79 Å². The Morgan fingerprint density at radius 1 is 1.21 bits per heavy atom. The number of amides is 1. The topological polar surface area (TPSA) is 85.8 Å². The molecule has 0 aliphatic rings. The summed E-state index contributed by atoms with van der Waals surface area (Å²) in [6, 6.07) is 9.33. The number of hydrogen-bond acceptors (Lipinski definition) is 5. The van der Waals surface area contributed by atoms with Crippen LogP contribution in [0.3, 0.4) is 0 Å². The first-order valence-corrected chi connectivity index (χ1v) is 7.78. The molecule has 0 spiro atoms. The minimum atomic E-state index is -0.291. The summed E-state index contributed by atoms with van der Waals surface area (Å²) in [6.45, 7) is 5.94. The largest absolute Gasteiger partial charge is 0.355 e. The Bertz CT molecular complexity index is 822. The molecule has 1 unspecified atom stereocenters. The van der Waals surface area contributed by atoms with Crippen molar-refractivity contribution in [2.75, 3.05) is 0 Å². The standard InChI is InChI=1S/C17H19N5O2/c1-11(2)22-10-18-21-16(22)12(3)20-17(23)14-9-19-24-15(14)13-7-5-4-6-8-13/h4-12H,1-3H3,(H,20,23). The molecule has 0 saturated carbocycles. The molecule has 0 aliphatic carbocycles. The van der Waals surface area contributed by atoms with Gasteiger partial charge in [0.15, 0.2) is 11.6 Å². The van der Waals surface area contributed by atoms with Gasteiger partial charge in [-0.05, 0) is 20.8 Å². The van der Waals surface area contributed by atoms with Crippen molar-refractivity contribution in [2.45, 2.75) is 32.9 Å². The van der Waals surface area contributed by atoms with Gasteiger partial charge in [0.2, 0.25) is 0 Å². The van der Waals surface area contributed by atoms with Crippen molar-refractivity contribution in [3.63, 3.8) is 0 Å². The quantitative estimate of drug-likeness (QED) is 0.779. The second-order valence-corrected chi connectivity index (χ2v) is 5.82. The molecule has 2 heterocycles. The highest BCUT2D eigenvalue weighted by molar-refractivity contribution is 5.99. The molecule has 7 nitrogen and oxygen atoms in total. The van der Waals surface area contributed by atoms with Gasteiger partial charge in [0.05, 0.1) is 12.2 Å². The monoisotopic (exact) mass is 325 g/mol. The van der Waals surface area contributed by atoms with E-state index in [1.54, 1.807) is 6.33 Å². The van der Waals surface area contributed by atoms with Gasteiger partial charge in [-0.25, -0.2) is 0 Å². The van der Waals surface area contributed by atoms with E-state index in [4.69, 9.17) is 4.52 Å². The van der Waals surface area contributed by atoms with E-state index >= 15 is 0 Å². The Balaban J connectivity index is 1.81. The predicted octanol–water partition coefficient (Wildman–Crippen LogP) is 3.01. The third-order valence-corrected chi connectivity index (χ3v) is 3.74. The highest BCUT2D eigenvalue weighted by atomic mass is 16.5. The summed E-state index contributed by atoms with van der Waals surface area (Å²) < 4.78 is 7.19. The molecule has 0 aliphatic heterocycles. The maximum atomic E-state index is 12.6. The Morgan fingerprint density at radius 3 is 2.67 bits per heavy atom. The zero-order chi connectivity index (χ0) is 17.1. The second kappa shape index (κ2) is 6.66. The average Bonchev–Trinajstić information content (AvgIpc) is 3.25. The molecular weight excluding hydrogens is 306 g/mol. The van der Waals surface area contributed by atoms with Crippen molar-refractivity contribution in [3.8, 4) is 11.3 Å². The number of carbonyl (C=O) groups is 1. The van der Waals surface area contributed by atoms with Crippen LogP contribution in [0.25, 0.3) is 11.3 Å². The van der Waals surface area contributed by atoms with Gasteiger partial charge in [0.1, 0.15) is 11.9 Å². The first-order valence-electron chi connectivity index (χ1n) is 7.78. The Kier molecular flexibility index (Phi) is 4.41. The van der Waals surface area contributed by atoms with Crippen molar-refractivity contribution < 1.29 is 9.32 Å². The number of rotatable bonds is 5. The first kappa shape index (κ1) is 15.9. The lowest BCUT2D eigenvalue weighted by atomic mass is 10.1. The van der Waals surface area contributed by atoms with Gasteiger partial charge in [0.25, 0.3) is 5.91 Å². The van der Waals surface area contributed by atoms with Gasteiger partial charge in [-0.2, -0.15) is 0 Å². The molecule has 2 aromatic heterocycles. The molecule has 1 N–H and O–H groups in total. The van der Waals surface area contributed by atoms with Crippen LogP contribution in [0.5, 0.6) is 0 Å². The van der Waals surface area contributed by atoms with Crippen LogP contribution in [0.1, 0.15) is 49.0 Å². The fraction of sp³-hybridized carbons (Fsp3) is 0.294. The molecule has 0 radical (unpaired) electrons. The minimum Gasteiger partial charge on any atom is -0.355 e. The molecule has 1 amide bonds. The van der Waals surface area contributed by atoms with E-state index in [0.29, 0.717) is 17.1 Å². The van der Waals surface area contributed by atoms with Gasteiger partial charge < -0.3 is 14.4 Å². The van der Waals surface area contributed by atoms with E-state index in [1.807, 2.05) is 55.7 Å². The van der Waals surface area contributed by atoms with Crippen LogP contribution < -0.4 is 5.32 Å². The number of benzene rings is 1.